The quantitative estimate of drug-likeness (QED) is 0.354. The maximum Gasteiger partial charge on any atom is 0.141 e. The van der Waals surface area contributed by atoms with Crippen molar-refractivity contribution < 1.29 is 4.74 Å². The summed E-state index contributed by atoms with van der Waals surface area (Å²) in [6.45, 7) is 5.69. The van der Waals surface area contributed by atoms with Crippen LogP contribution in [-0.2, 0) is 6.54 Å². The number of fused-ring (bicyclic) bond motifs is 1. The predicted octanol–water partition coefficient (Wildman–Crippen LogP) is 6.44. The minimum atomic E-state index is 0.600. The van der Waals surface area contributed by atoms with Crippen molar-refractivity contribution in [1.82, 2.24) is 9.55 Å². The summed E-state index contributed by atoms with van der Waals surface area (Å²) in [5, 5.41) is 0.645. The monoisotopic (exact) mass is 390 g/mol. The van der Waals surface area contributed by atoms with Crippen LogP contribution < -0.4 is 4.74 Å². The van der Waals surface area contributed by atoms with Crippen molar-refractivity contribution in [2.45, 2.75) is 26.8 Å². The number of aromatic nitrogens is 2. The number of hydrogen-bond donors (Lipinski definition) is 0. The van der Waals surface area contributed by atoms with Crippen LogP contribution in [0.4, 0.5) is 0 Å². The molecule has 0 N–H and O–H groups in total. The summed E-state index contributed by atoms with van der Waals surface area (Å²) in [6, 6.07) is 22.4. The van der Waals surface area contributed by atoms with Gasteiger partial charge in [0.25, 0.3) is 0 Å². The number of ether oxygens (including phenoxy) is 1. The Labute approximate surface area is 170 Å². The SMILES string of the molecule is Cc1ccc(-c2nc3ccccc3n2CCCOc2ccccc2Cl)c(C)c1. The van der Waals surface area contributed by atoms with Gasteiger partial charge in [-0.3, -0.25) is 0 Å². The largest absolute Gasteiger partial charge is 0.492 e. The zero-order valence-electron chi connectivity index (χ0n) is 16.2. The fourth-order valence-electron chi connectivity index (χ4n) is 3.54. The highest BCUT2D eigenvalue weighted by atomic mass is 35.5. The molecule has 1 aromatic heterocycles. The number of benzene rings is 3. The lowest BCUT2D eigenvalue weighted by Gasteiger charge is -2.13. The van der Waals surface area contributed by atoms with Crippen molar-refractivity contribution in [2.24, 2.45) is 0 Å². The average molecular weight is 391 g/mol. The lowest BCUT2D eigenvalue weighted by Crippen LogP contribution is -2.06. The number of imidazole rings is 1. The molecule has 3 aromatic carbocycles. The second-order valence-electron chi connectivity index (χ2n) is 7.03. The number of nitrogens with zero attached hydrogens (tertiary/aromatic N) is 2. The molecule has 4 heteroatoms. The summed E-state index contributed by atoms with van der Waals surface area (Å²) in [5.41, 5.74) is 5.84. The molecule has 0 aliphatic carbocycles. The predicted molar refractivity (Wildman–Crippen MR) is 116 cm³/mol. The molecular formula is C24H23ClN2O. The fraction of sp³-hybridized carbons (Fsp3) is 0.208. The van der Waals surface area contributed by atoms with Crippen molar-refractivity contribution in [1.29, 1.82) is 0 Å². The van der Waals surface area contributed by atoms with Crippen molar-refractivity contribution in [3.8, 4) is 17.1 Å². The van der Waals surface area contributed by atoms with E-state index in [1.165, 1.54) is 16.7 Å². The van der Waals surface area contributed by atoms with Gasteiger partial charge in [0.05, 0.1) is 22.7 Å². The Bertz CT molecular complexity index is 1120. The first kappa shape index (κ1) is 18.6. The van der Waals surface area contributed by atoms with E-state index in [9.17, 15) is 0 Å². The summed E-state index contributed by atoms with van der Waals surface area (Å²) in [6.07, 6.45) is 0.865. The van der Waals surface area contributed by atoms with Crippen molar-refractivity contribution >= 4 is 22.6 Å². The molecule has 0 saturated carbocycles. The van der Waals surface area contributed by atoms with E-state index < -0.39 is 0 Å². The lowest BCUT2D eigenvalue weighted by molar-refractivity contribution is 0.303. The van der Waals surface area contributed by atoms with Crippen LogP contribution in [0.1, 0.15) is 17.5 Å². The Morgan fingerprint density at radius 3 is 2.57 bits per heavy atom. The number of halogens is 1. The van der Waals surface area contributed by atoms with Crippen molar-refractivity contribution in [2.75, 3.05) is 6.61 Å². The molecule has 0 aliphatic rings. The lowest BCUT2D eigenvalue weighted by atomic mass is 10.1. The van der Waals surface area contributed by atoms with E-state index in [1.54, 1.807) is 0 Å². The van der Waals surface area contributed by atoms with Gasteiger partial charge in [-0.1, -0.05) is 59.6 Å². The standard InChI is InChI=1S/C24H23ClN2O/c1-17-12-13-19(18(2)16-17)24-26-21-9-4-5-10-22(21)27(24)14-7-15-28-23-11-6-3-8-20(23)25/h3-6,8-13,16H,7,14-15H2,1-2H3. The van der Waals surface area contributed by atoms with Gasteiger partial charge in [0, 0.05) is 12.1 Å². The normalized spacial score (nSPS) is 11.1. The van der Waals surface area contributed by atoms with Crippen molar-refractivity contribution in [3.05, 3.63) is 82.9 Å². The van der Waals surface area contributed by atoms with Crippen LogP contribution in [-0.4, -0.2) is 16.2 Å². The molecule has 0 radical (unpaired) electrons. The third-order valence-electron chi connectivity index (χ3n) is 4.90. The first-order valence-corrected chi connectivity index (χ1v) is 9.91. The molecule has 0 fully saturated rings. The minimum Gasteiger partial charge on any atom is -0.492 e. The second kappa shape index (κ2) is 8.07. The molecule has 0 bridgehead atoms. The van der Waals surface area contributed by atoms with Gasteiger partial charge in [0.1, 0.15) is 11.6 Å². The molecule has 4 aromatic rings. The highest BCUT2D eigenvalue weighted by Gasteiger charge is 2.14. The van der Waals surface area contributed by atoms with Gasteiger partial charge >= 0.3 is 0 Å². The van der Waals surface area contributed by atoms with Gasteiger partial charge in [-0.15, -0.1) is 0 Å². The van der Waals surface area contributed by atoms with Gasteiger partial charge < -0.3 is 9.30 Å². The van der Waals surface area contributed by atoms with Crippen molar-refractivity contribution in [3.63, 3.8) is 0 Å². The van der Waals surface area contributed by atoms with E-state index in [2.05, 4.69) is 54.8 Å². The molecule has 28 heavy (non-hydrogen) atoms. The number of para-hydroxylation sites is 3. The van der Waals surface area contributed by atoms with E-state index in [-0.39, 0.29) is 0 Å². The van der Waals surface area contributed by atoms with Gasteiger partial charge in [0.15, 0.2) is 0 Å². The van der Waals surface area contributed by atoms with Crippen LogP contribution in [0.5, 0.6) is 5.75 Å². The van der Waals surface area contributed by atoms with E-state index in [1.807, 2.05) is 30.3 Å². The van der Waals surface area contributed by atoms with E-state index >= 15 is 0 Å². The zero-order chi connectivity index (χ0) is 19.5. The first-order chi connectivity index (χ1) is 13.6. The van der Waals surface area contributed by atoms with Crippen LogP contribution in [0, 0.1) is 13.8 Å². The average Bonchev–Trinajstić information content (AvgIpc) is 3.05. The van der Waals surface area contributed by atoms with Gasteiger partial charge in [0.2, 0.25) is 0 Å². The van der Waals surface area contributed by atoms with Crippen LogP contribution >= 0.6 is 11.6 Å². The van der Waals surface area contributed by atoms with E-state index in [0.29, 0.717) is 11.6 Å². The fourth-order valence-corrected chi connectivity index (χ4v) is 3.73. The Balaban J connectivity index is 1.59. The topological polar surface area (TPSA) is 27.1 Å². The summed E-state index contributed by atoms with van der Waals surface area (Å²) in [5.74, 6) is 1.74. The Hall–Kier alpha value is -2.78. The highest BCUT2D eigenvalue weighted by molar-refractivity contribution is 6.32. The molecule has 1 heterocycles. The Kier molecular flexibility index (Phi) is 5.36. The molecule has 0 atom stereocenters. The molecule has 0 saturated heterocycles. The molecule has 142 valence electrons. The maximum atomic E-state index is 6.18. The Morgan fingerprint density at radius 1 is 0.964 bits per heavy atom. The minimum absolute atomic E-state index is 0.600. The van der Waals surface area contributed by atoms with E-state index in [4.69, 9.17) is 21.3 Å². The molecule has 3 nitrogen and oxygen atoms in total. The summed E-state index contributed by atoms with van der Waals surface area (Å²) < 4.78 is 8.16. The van der Waals surface area contributed by atoms with Crippen LogP contribution in [0.15, 0.2) is 66.7 Å². The van der Waals surface area contributed by atoms with Crippen LogP contribution in [0.3, 0.4) is 0 Å². The smallest absolute Gasteiger partial charge is 0.141 e. The molecule has 0 spiro atoms. The second-order valence-corrected chi connectivity index (χ2v) is 7.43. The summed E-state index contributed by atoms with van der Waals surface area (Å²) in [7, 11) is 0. The van der Waals surface area contributed by atoms with E-state index in [0.717, 1.165) is 35.6 Å². The maximum absolute atomic E-state index is 6.18. The molecular weight excluding hydrogens is 368 g/mol. The summed E-state index contributed by atoms with van der Waals surface area (Å²) >= 11 is 6.18. The zero-order valence-corrected chi connectivity index (χ0v) is 16.9. The molecule has 0 amide bonds. The molecule has 0 aliphatic heterocycles. The number of hydrogen-bond acceptors (Lipinski definition) is 2. The van der Waals surface area contributed by atoms with Gasteiger partial charge in [-0.2, -0.15) is 0 Å². The number of rotatable bonds is 6. The number of aryl methyl sites for hydroxylation is 3. The third kappa shape index (κ3) is 3.76. The van der Waals surface area contributed by atoms with Crippen LogP contribution in [0.25, 0.3) is 22.4 Å². The van der Waals surface area contributed by atoms with Crippen LogP contribution in [0.2, 0.25) is 5.02 Å². The highest BCUT2D eigenvalue weighted by Crippen LogP contribution is 2.28. The molecule has 0 unspecified atom stereocenters. The molecule has 4 rings (SSSR count). The summed E-state index contributed by atoms with van der Waals surface area (Å²) in [4.78, 5) is 4.93. The third-order valence-corrected chi connectivity index (χ3v) is 5.21. The van der Waals surface area contributed by atoms with Gasteiger partial charge in [-0.25, -0.2) is 4.98 Å². The Morgan fingerprint density at radius 2 is 1.75 bits per heavy atom. The first-order valence-electron chi connectivity index (χ1n) is 9.54. The van der Waals surface area contributed by atoms with Gasteiger partial charge in [-0.05, 0) is 50.1 Å².